The van der Waals surface area contributed by atoms with E-state index in [0.29, 0.717) is 40.6 Å². The Morgan fingerprint density at radius 3 is 2.49 bits per heavy atom. The Bertz CT molecular complexity index is 1570. The summed E-state index contributed by atoms with van der Waals surface area (Å²) in [5.74, 6) is -0.237. The number of sulfonamides is 2. The number of hydrogen-bond donors (Lipinski definition) is 1. The molecule has 186 valence electrons. The number of thiazole rings is 1. The second-order valence-corrected chi connectivity index (χ2v) is 13.0. The summed E-state index contributed by atoms with van der Waals surface area (Å²) >= 11 is 1.15. The molecule has 0 radical (unpaired) electrons. The van der Waals surface area contributed by atoms with Crippen LogP contribution in [0.5, 0.6) is 0 Å². The number of piperidine rings is 1. The van der Waals surface area contributed by atoms with Gasteiger partial charge in [0.05, 0.1) is 20.0 Å². The first-order valence-corrected chi connectivity index (χ1v) is 14.8. The Labute approximate surface area is 208 Å². The maximum atomic E-state index is 13.0. The molecule has 2 aromatic carbocycles. The molecule has 0 unspecified atom stereocenters. The van der Waals surface area contributed by atoms with Gasteiger partial charge < -0.3 is 4.57 Å². The van der Waals surface area contributed by atoms with Crippen LogP contribution in [0.15, 0.2) is 69.9 Å². The monoisotopic (exact) mass is 534 g/mol. The summed E-state index contributed by atoms with van der Waals surface area (Å²) in [6.07, 6.45) is 3.48. The van der Waals surface area contributed by atoms with Crippen molar-refractivity contribution in [2.24, 2.45) is 16.0 Å². The highest BCUT2D eigenvalue weighted by molar-refractivity contribution is 7.89. The first-order chi connectivity index (χ1) is 16.5. The fourth-order valence-electron chi connectivity index (χ4n) is 4.06. The highest BCUT2D eigenvalue weighted by Gasteiger charge is 2.28. The number of carbonyl (C=O) groups excluding carboxylic acids is 1. The topological polar surface area (TPSA) is 132 Å². The molecule has 1 aromatic heterocycles. The van der Waals surface area contributed by atoms with Crippen molar-refractivity contribution in [3.05, 3.63) is 65.5 Å². The lowest BCUT2D eigenvalue weighted by atomic mass is 10.0. The van der Waals surface area contributed by atoms with Crippen LogP contribution in [0, 0.1) is 5.92 Å². The maximum Gasteiger partial charge on any atom is 0.279 e. The molecule has 1 atom stereocenters. The Balaban J connectivity index is 1.67. The van der Waals surface area contributed by atoms with Crippen LogP contribution in [0.4, 0.5) is 0 Å². The zero-order valence-electron chi connectivity index (χ0n) is 19.1. The minimum atomic E-state index is -3.88. The van der Waals surface area contributed by atoms with Crippen molar-refractivity contribution in [3.8, 4) is 0 Å². The van der Waals surface area contributed by atoms with Crippen molar-refractivity contribution in [1.29, 1.82) is 0 Å². The Hall–Kier alpha value is -2.64. The Morgan fingerprint density at radius 2 is 1.86 bits per heavy atom. The quantitative estimate of drug-likeness (QED) is 0.486. The van der Waals surface area contributed by atoms with Gasteiger partial charge in [-0.1, -0.05) is 24.3 Å². The summed E-state index contributed by atoms with van der Waals surface area (Å²) in [7, 11) is -7.50. The lowest BCUT2D eigenvalue weighted by Crippen LogP contribution is -2.39. The molecule has 0 spiro atoms. The first kappa shape index (κ1) is 25.5. The summed E-state index contributed by atoms with van der Waals surface area (Å²) in [6, 6.07) is 10.2. The van der Waals surface area contributed by atoms with Crippen molar-refractivity contribution in [2.45, 2.75) is 36.1 Å². The largest absolute Gasteiger partial charge is 0.312 e. The van der Waals surface area contributed by atoms with Gasteiger partial charge in [-0.2, -0.15) is 9.30 Å². The summed E-state index contributed by atoms with van der Waals surface area (Å²) in [5.41, 5.74) is 0.926. The third-order valence-corrected chi connectivity index (χ3v) is 9.68. The number of primary sulfonamides is 1. The fraction of sp³-hybridized carbons (Fsp3) is 0.304. The van der Waals surface area contributed by atoms with Crippen LogP contribution in [0.1, 0.15) is 30.1 Å². The summed E-state index contributed by atoms with van der Waals surface area (Å²) < 4.78 is 53.2. The van der Waals surface area contributed by atoms with Gasteiger partial charge in [0.25, 0.3) is 5.91 Å². The number of nitrogens with two attached hydrogens (primary N) is 1. The molecule has 1 saturated heterocycles. The van der Waals surface area contributed by atoms with E-state index in [1.807, 2.05) is 6.92 Å². The standard InChI is InChI=1S/C23H26N4O5S3/c1-3-12-27-20-11-10-19(34(24,29)30)14-21(20)33-23(27)25-22(28)17-6-8-18(9-7-17)35(31,32)26-13-4-5-16(2)15-26/h3,6-11,14,16H,1,4-5,12-13,15H2,2H3,(H2,24,29,30)/t16-/m0/s1. The van der Waals surface area contributed by atoms with E-state index in [-0.39, 0.29) is 15.4 Å². The SMILES string of the molecule is C=CCn1c(=NC(=O)c2ccc(S(=O)(=O)N3CCC[C@H](C)C3)cc2)sc2cc(S(N)(=O)=O)ccc21. The molecule has 2 N–H and O–H groups in total. The number of fused-ring (bicyclic) bond motifs is 1. The average Bonchev–Trinajstić information content (AvgIpc) is 3.15. The summed E-state index contributed by atoms with van der Waals surface area (Å²) in [6.45, 7) is 7.10. The van der Waals surface area contributed by atoms with Gasteiger partial charge in [-0.15, -0.1) is 6.58 Å². The van der Waals surface area contributed by atoms with Crippen molar-refractivity contribution in [3.63, 3.8) is 0 Å². The fourth-order valence-corrected chi connectivity index (χ4v) is 7.35. The number of allylic oxidation sites excluding steroid dienone is 1. The molecule has 1 aliphatic heterocycles. The van der Waals surface area contributed by atoms with Crippen LogP contribution < -0.4 is 9.94 Å². The van der Waals surface area contributed by atoms with Crippen LogP contribution in [0.3, 0.4) is 0 Å². The van der Waals surface area contributed by atoms with E-state index < -0.39 is 26.0 Å². The summed E-state index contributed by atoms with van der Waals surface area (Å²) in [5, 5.41) is 5.24. The Morgan fingerprint density at radius 1 is 1.17 bits per heavy atom. The predicted octanol–water partition coefficient (Wildman–Crippen LogP) is 2.70. The molecule has 3 aromatic rings. The van der Waals surface area contributed by atoms with Crippen molar-refractivity contribution >= 4 is 47.5 Å². The van der Waals surface area contributed by atoms with Gasteiger partial charge in [-0.3, -0.25) is 4.79 Å². The maximum absolute atomic E-state index is 13.0. The molecule has 12 heteroatoms. The number of aromatic nitrogens is 1. The van der Waals surface area contributed by atoms with Crippen LogP contribution in [-0.4, -0.2) is 44.7 Å². The van der Waals surface area contributed by atoms with E-state index in [2.05, 4.69) is 11.6 Å². The molecule has 1 amide bonds. The van der Waals surface area contributed by atoms with E-state index in [4.69, 9.17) is 5.14 Å². The minimum absolute atomic E-state index is 0.0326. The second kappa shape index (κ2) is 9.78. The van der Waals surface area contributed by atoms with Gasteiger partial charge in [0.1, 0.15) is 0 Å². The highest BCUT2D eigenvalue weighted by atomic mass is 32.2. The molecule has 35 heavy (non-hydrogen) atoms. The van der Waals surface area contributed by atoms with Crippen LogP contribution in [0.25, 0.3) is 10.2 Å². The van der Waals surface area contributed by atoms with Gasteiger partial charge in [0.15, 0.2) is 4.80 Å². The van der Waals surface area contributed by atoms with Gasteiger partial charge in [0.2, 0.25) is 20.0 Å². The molecule has 0 aliphatic carbocycles. The molecule has 0 saturated carbocycles. The van der Waals surface area contributed by atoms with Crippen molar-refractivity contribution in [2.75, 3.05) is 13.1 Å². The van der Waals surface area contributed by atoms with E-state index in [0.717, 1.165) is 24.2 Å². The zero-order chi connectivity index (χ0) is 25.4. The van der Waals surface area contributed by atoms with Crippen LogP contribution in [-0.2, 0) is 26.6 Å². The Kier molecular flexibility index (Phi) is 7.11. The average molecular weight is 535 g/mol. The number of rotatable bonds is 6. The number of hydrogen-bond acceptors (Lipinski definition) is 6. The second-order valence-electron chi connectivity index (χ2n) is 8.51. The van der Waals surface area contributed by atoms with E-state index >= 15 is 0 Å². The number of carbonyl (C=O) groups is 1. The van der Waals surface area contributed by atoms with Crippen LogP contribution >= 0.6 is 11.3 Å². The van der Waals surface area contributed by atoms with Gasteiger partial charge in [-0.25, -0.2) is 22.0 Å². The molecule has 4 rings (SSSR count). The molecule has 1 fully saturated rings. The van der Waals surface area contributed by atoms with E-state index in [1.165, 1.54) is 40.7 Å². The third-order valence-electron chi connectivity index (χ3n) is 5.85. The highest BCUT2D eigenvalue weighted by Crippen LogP contribution is 2.24. The van der Waals surface area contributed by atoms with Gasteiger partial charge in [-0.05, 0) is 61.2 Å². The first-order valence-electron chi connectivity index (χ1n) is 11.0. The third kappa shape index (κ3) is 5.31. The molecule has 0 bridgehead atoms. The molecular weight excluding hydrogens is 508 g/mol. The van der Waals surface area contributed by atoms with Gasteiger partial charge >= 0.3 is 0 Å². The lowest BCUT2D eigenvalue weighted by molar-refractivity contribution is 0.0997. The summed E-state index contributed by atoms with van der Waals surface area (Å²) in [4.78, 5) is 17.6. The predicted molar refractivity (Wildman–Crippen MR) is 135 cm³/mol. The number of amides is 1. The lowest BCUT2D eigenvalue weighted by Gasteiger charge is -2.30. The minimum Gasteiger partial charge on any atom is -0.312 e. The normalized spacial score (nSPS) is 18.1. The smallest absolute Gasteiger partial charge is 0.279 e. The zero-order valence-corrected chi connectivity index (χ0v) is 21.6. The molecule has 1 aliphatic rings. The molecule has 2 heterocycles. The molecule has 9 nitrogen and oxygen atoms in total. The van der Waals surface area contributed by atoms with Crippen LogP contribution in [0.2, 0.25) is 0 Å². The van der Waals surface area contributed by atoms with Gasteiger partial charge in [0, 0.05) is 25.2 Å². The van der Waals surface area contributed by atoms with E-state index in [9.17, 15) is 21.6 Å². The van der Waals surface area contributed by atoms with Crippen molar-refractivity contribution < 1.29 is 21.6 Å². The number of nitrogens with zero attached hydrogens (tertiary/aromatic N) is 3. The molecular formula is C23H26N4O5S3. The van der Waals surface area contributed by atoms with Crippen molar-refractivity contribution in [1.82, 2.24) is 8.87 Å². The van der Waals surface area contributed by atoms with E-state index in [1.54, 1.807) is 16.7 Å². The number of benzene rings is 2.